The fourth-order valence-corrected chi connectivity index (χ4v) is 1.78. The summed E-state index contributed by atoms with van der Waals surface area (Å²) in [7, 11) is 0. The molecule has 1 unspecified atom stereocenters. The van der Waals surface area contributed by atoms with Gasteiger partial charge in [-0.2, -0.15) is 0 Å². The van der Waals surface area contributed by atoms with Crippen LogP contribution < -0.4 is 0 Å². The molecular weight excluding hydrogens is 228 g/mol. The van der Waals surface area contributed by atoms with Crippen LogP contribution in [-0.4, -0.2) is 31.1 Å². The van der Waals surface area contributed by atoms with Crippen LogP contribution in [0.1, 0.15) is 18.0 Å². The molecule has 2 aromatic heterocycles. The van der Waals surface area contributed by atoms with Gasteiger partial charge in [-0.3, -0.25) is 0 Å². The van der Waals surface area contributed by atoms with Gasteiger partial charge in [0.2, 0.25) is 0 Å². The maximum atomic E-state index is 10.7. The number of aliphatic carboxylic acids is 1. The van der Waals surface area contributed by atoms with Gasteiger partial charge in [-0.1, -0.05) is 5.21 Å². The maximum absolute atomic E-state index is 10.7. The third kappa shape index (κ3) is 1.94. The molecule has 6 nitrogen and oxygen atoms in total. The highest BCUT2D eigenvalue weighted by atomic mass is 32.1. The van der Waals surface area contributed by atoms with Crippen LogP contribution in [0.5, 0.6) is 0 Å². The second-order valence-electron chi connectivity index (χ2n) is 3.35. The predicted octanol–water partition coefficient (Wildman–Crippen LogP) is 1.36. The lowest BCUT2D eigenvalue weighted by molar-refractivity contribution is -0.140. The van der Waals surface area contributed by atoms with Crippen molar-refractivity contribution in [1.29, 1.82) is 0 Å². The highest BCUT2D eigenvalue weighted by Crippen LogP contribution is 2.19. The number of carboxylic acids is 1. The number of hydrogen-bond acceptors (Lipinski definition) is 5. The topological polar surface area (TPSA) is 80.9 Å². The van der Waals surface area contributed by atoms with E-state index in [2.05, 4.69) is 15.3 Å². The Bertz CT molecular complexity index is 519. The summed E-state index contributed by atoms with van der Waals surface area (Å²) in [5.74, 6) is -0.939. The van der Waals surface area contributed by atoms with Gasteiger partial charge in [0.25, 0.3) is 0 Å². The minimum Gasteiger partial charge on any atom is -0.480 e. The quantitative estimate of drug-likeness (QED) is 0.873. The molecule has 0 aliphatic carbocycles. The van der Waals surface area contributed by atoms with E-state index in [1.54, 1.807) is 13.1 Å². The van der Waals surface area contributed by atoms with Gasteiger partial charge < -0.3 is 5.11 Å². The third-order valence-electron chi connectivity index (χ3n) is 2.15. The van der Waals surface area contributed by atoms with E-state index in [0.29, 0.717) is 5.69 Å². The fourth-order valence-electron chi connectivity index (χ4n) is 1.18. The Hall–Kier alpha value is -1.76. The Labute approximate surface area is 95.6 Å². The summed E-state index contributed by atoms with van der Waals surface area (Å²) in [6.07, 6.45) is 1.59. The second kappa shape index (κ2) is 4.01. The number of carboxylic acid groups (broad SMARTS) is 1. The first-order valence-corrected chi connectivity index (χ1v) is 5.53. The zero-order valence-corrected chi connectivity index (χ0v) is 9.60. The Morgan fingerprint density at radius 3 is 2.88 bits per heavy atom. The average Bonchev–Trinajstić information content (AvgIpc) is 2.84. The van der Waals surface area contributed by atoms with Crippen molar-refractivity contribution in [1.82, 2.24) is 20.0 Å². The highest BCUT2D eigenvalue weighted by Gasteiger charge is 2.16. The van der Waals surface area contributed by atoms with Crippen LogP contribution in [0.25, 0.3) is 11.4 Å². The highest BCUT2D eigenvalue weighted by molar-refractivity contribution is 7.09. The predicted molar refractivity (Wildman–Crippen MR) is 58.2 cm³/mol. The molecule has 2 rings (SSSR count). The molecule has 0 saturated heterocycles. The van der Waals surface area contributed by atoms with Crippen molar-refractivity contribution >= 4 is 17.3 Å². The summed E-state index contributed by atoms with van der Waals surface area (Å²) in [4.78, 5) is 15.0. The minimum atomic E-state index is -0.939. The molecule has 1 N–H and O–H groups in total. The van der Waals surface area contributed by atoms with Crippen LogP contribution in [0.3, 0.4) is 0 Å². The summed E-state index contributed by atoms with van der Waals surface area (Å²) in [6.45, 7) is 3.45. The summed E-state index contributed by atoms with van der Waals surface area (Å²) in [5.41, 5.74) is 1.32. The lowest BCUT2D eigenvalue weighted by atomic mass is 10.3. The van der Waals surface area contributed by atoms with Crippen molar-refractivity contribution in [2.24, 2.45) is 0 Å². The molecule has 0 aromatic carbocycles. The summed E-state index contributed by atoms with van der Waals surface area (Å²) in [5, 5.41) is 19.3. The van der Waals surface area contributed by atoms with Crippen molar-refractivity contribution in [3.8, 4) is 11.4 Å². The molecule has 0 radical (unpaired) electrons. The second-order valence-corrected chi connectivity index (χ2v) is 4.41. The number of thiazole rings is 1. The van der Waals surface area contributed by atoms with E-state index in [-0.39, 0.29) is 0 Å². The smallest absolute Gasteiger partial charge is 0.328 e. The lowest BCUT2D eigenvalue weighted by Crippen LogP contribution is -2.15. The third-order valence-corrected chi connectivity index (χ3v) is 2.92. The van der Waals surface area contributed by atoms with E-state index in [1.165, 1.54) is 16.0 Å². The van der Waals surface area contributed by atoms with Crippen LogP contribution in [0.15, 0.2) is 11.6 Å². The van der Waals surface area contributed by atoms with E-state index in [4.69, 9.17) is 5.11 Å². The largest absolute Gasteiger partial charge is 0.480 e. The molecule has 0 fully saturated rings. The van der Waals surface area contributed by atoms with E-state index in [1.807, 2.05) is 12.3 Å². The Balaban J connectivity index is 2.29. The van der Waals surface area contributed by atoms with E-state index in [9.17, 15) is 4.79 Å². The molecule has 1 atom stereocenters. The van der Waals surface area contributed by atoms with Gasteiger partial charge in [-0.25, -0.2) is 14.5 Å². The van der Waals surface area contributed by atoms with Gasteiger partial charge in [0.1, 0.15) is 17.4 Å². The SMILES string of the molecule is Cc1nc(-c2cn(C(C)C(=O)O)nn2)cs1. The molecule has 2 aromatic rings. The summed E-state index contributed by atoms with van der Waals surface area (Å²) >= 11 is 1.52. The molecule has 0 amide bonds. The standard InChI is InChI=1S/C9H10N4O2S/c1-5(9(14)15)13-3-7(11-12-13)8-4-16-6(2)10-8/h3-5H,1-2H3,(H,14,15). The number of aromatic nitrogens is 4. The number of rotatable bonds is 3. The molecule has 2 heterocycles. The maximum Gasteiger partial charge on any atom is 0.328 e. The van der Waals surface area contributed by atoms with Crippen LogP contribution >= 0.6 is 11.3 Å². The number of hydrogen-bond donors (Lipinski definition) is 1. The first kappa shape index (κ1) is 10.7. The van der Waals surface area contributed by atoms with Crippen molar-refractivity contribution in [2.45, 2.75) is 19.9 Å². The van der Waals surface area contributed by atoms with Crippen molar-refractivity contribution < 1.29 is 9.90 Å². The number of carbonyl (C=O) groups is 1. The lowest BCUT2D eigenvalue weighted by Gasteiger charge is -2.03. The fraction of sp³-hybridized carbons (Fsp3) is 0.333. The minimum absolute atomic E-state index is 0.595. The van der Waals surface area contributed by atoms with Gasteiger partial charge in [0.15, 0.2) is 0 Å². The van der Waals surface area contributed by atoms with E-state index < -0.39 is 12.0 Å². The number of aryl methyl sites for hydroxylation is 1. The number of nitrogens with zero attached hydrogens (tertiary/aromatic N) is 4. The molecule has 84 valence electrons. The zero-order chi connectivity index (χ0) is 11.7. The summed E-state index contributed by atoms with van der Waals surface area (Å²) < 4.78 is 1.31. The summed E-state index contributed by atoms with van der Waals surface area (Å²) in [6, 6.07) is -0.721. The van der Waals surface area contributed by atoms with Gasteiger partial charge in [-0.05, 0) is 13.8 Å². The van der Waals surface area contributed by atoms with Crippen molar-refractivity contribution in [2.75, 3.05) is 0 Å². The molecule has 0 spiro atoms. The molecule has 0 aliphatic heterocycles. The molecule has 0 bridgehead atoms. The average molecular weight is 238 g/mol. The van der Waals surface area contributed by atoms with Gasteiger partial charge in [0, 0.05) is 5.38 Å². The van der Waals surface area contributed by atoms with Crippen LogP contribution in [0.4, 0.5) is 0 Å². The Morgan fingerprint density at radius 2 is 2.31 bits per heavy atom. The first-order valence-electron chi connectivity index (χ1n) is 4.65. The molecule has 0 saturated carbocycles. The normalized spacial score (nSPS) is 12.6. The van der Waals surface area contributed by atoms with Crippen LogP contribution in [0.2, 0.25) is 0 Å². The molecule has 0 aliphatic rings. The van der Waals surface area contributed by atoms with Crippen molar-refractivity contribution in [3.05, 3.63) is 16.6 Å². The van der Waals surface area contributed by atoms with Crippen molar-refractivity contribution in [3.63, 3.8) is 0 Å². The Morgan fingerprint density at radius 1 is 1.56 bits per heavy atom. The first-order chi connectivity index (χ1) is 7.58. The molecular formula is C9H10N4O2S. The Kier molecular flexibility index (Phi) is 2.69. The molecule has 7 heteroatoms. The molecule has 16 heavy (non-hydrogen) atoms. The van der Waals surface area contributed by atoms with E-state index in [0.717, 1.165) is 10.7 Å². The van der Waals surface area contributed by atoms with E-state index >= 15 is 0 Å². The van der Waals surface area contributed by atoms with Gasteiger partial charge >= 0.3 is 5.97 Å². The van der Waals surface area contributed by atoms with Crippen LogP contribution in [-0.2, 0) is 4.79 Å². The van der Waals surface area contributed by atoms with Crippen LogP contribution in [0, 0.1) is 6.92 Å². The zero-order valence-electron chi connectivity index (χ0n) is 8.78. The van der Waals surface area contributed by atoms with Gasteiger partial charge in [-0.15, -0.1) is 16.4 Å². The van der Waals surface area contributed by atoms with Gasteiger partial charge in [0.05, 0.1) is 11.2 Å². The monoisotopic (exact) mass is 238 g/mol.